The fourth-order valence-corrected chi connectivity index (χ4v) is 5.08. The second kappa shape index (κ2) is 12.8. The predicted molar refractivity (Wildman–Crippen MR) is 146 cm³/mol. The van der Waals surface area contributed by atoms with Gasteiger partial charge in [-0.2, -0.15) is 0 Å². The fourth-order valence-electron chi connectivity index (χ4n) is 4.48. The monoisotopic (exact) mass is 573 g/mol. The van der Waals surface area contributed by atoms with Gasteiger partial charge in [-0.15, -0.1) is 0 Å². The molecule has 0 aromatic heterocycles. The Bertz CT molecular complexity index is 1090. The lowest BCUT2D eigenvalue weighted by Crippen LogP contribution is -2.48. The molecule has 1 aliphatic heterocycles. The maximum atomic E-state index is 13.8. The van der Waals surface area contributed by atoms with Crippen LogP contribution in [0, 0.1) is 0 Å². The fraction of sp³-hybridized carbons (Fsp3) is 0.462. The maximum Gasteiger partial charge on any atom is 0.230 e. The molecular weight excluding hydrogens is 544 g/mol. The minimum atomic E-state index is -0.952. The molecule has 10 heteroatoms. The van der Waals surface area contributed by atoms with E-state index in [0.29, 0.717) is 38.6 Å². The Morgan fingerprint density at radius 3 is 2.19 bits per heavy atom. The number of nitrogens with one attached hydrogen (secondary N) is 2. The standard InChI is InChI=1S/C26H31Cl4N3O3/c1-16(35)31-19-7-10-33(11-8-19)12-9-26(2,18-4-6-21(28)23(30)14-18)25(36)32-24(15-34)17-3-5-20(27)22(29)13-17/h3-6,13-14,19,24,34H,7-12,15H2,1-2H3,(H,31,35)(H,32,36)/t24-,26?/m1/s1. The Balaban J connectivity index is 1.79. The number of hydrogen-bond donors (Lipinski definition) is 3. The van der Waals surface area contributed by atoms with Crippen LogP contribution in [0.3, 0.4) is 0 Å². The number of aliphatic hydroxyl groups is 1. The van der Waals surface area contributed by atoms with Crippen LogP contribution in [0.25, 0.3) is 0 Å². The van der Waals surface area contributed by atoms with Gasteiger partial charge in [-0.3, -0.25) is 9.59 Å². The van der Waals surface area contributed by atoms with Crippen LogP contribution in [0.4, 0.5) is 0 Å². The molecule has 3 rings (SSSR count). The molecule has 1 unspecified atom stereocenters. The first kappa shape index (κ1) is 29.0. The lowest BCUT2D eigenvalue weighted by Gasteiger charge is -2.36. The Labute approximate surface area is 232 Å². The number of hydrogen-bond acceptors (Lipinski definition) is 4. The van der Waals surface area contributed by atoms with Crippen LogP contribution >= 0.6 is 46.4 Å². The normalized spacial score (nSPS) is 17.3. The molecule has 1 heterocycles. The molecular formula is C26H31Cl4N3O3. The van der Waals surface area contributed by atoms with Crippen molar-refractivity contribution in [2.45, 2.75) is 50.6 Å². The van der Waals surface area contributed by atoms with E-state index in [0.717, 1.165) is 31.5 Å². The van der Waals surface area contributed by atoms with E-state index in [2.05, 4.69) is 15.5 Å². The highest BCUT2D eigenvalue weighted by atomic mass is 35.5. The summed E-state index contributed by atoms with van der Waals surface area (Å²) < 4.78 is 0. The highest BCUT2D eigenvalue weighted by Crippen LogP contribution is 2.34. The first-order valence-corrected chi connectivity index (χ1v) is 13.4. The highest BCUT2D eigenvalue weighted by Gasteiger charge is 2.37. The molecule has 0 spiro atoms. The van der Waals surface area contributed by atoms with E-state index in [4.69, 9.17) is 46.4 Å². The number of benzene rings is 2. The van der Waals surface area contributed by atoms with E-state index in [1.165, 1.54) is 6.92 Å². The number of halogens is 4. The summed E-state index contributed by atoms with van der Waals surface area (Å²) in [5.74, 6) is -0.267. The number of carbonyl (C=O) groups is 2. The van der Waals surface area contributed by atoms with Gasteiger partial charge < -0.3 is 20.6 Å². The smallest absolute Gasteiger partial charge is 0.230 e. The topological polar surface area (TPSA) is 81.7 Å². The third-order valence-electron chi connectivity index (χ3n) is 6.81. The van der Waals surface area contributed by atoms with Gasteiger partial charge in [0.25, 0.3) is 0 Å². The minimum Gasteiger partial charge on any atom is -0.394 e. The molecule has 2 atom stereocenters. The summed E-state index contributed by atoms with van der Waals surface area (Å²) in [6.07, 6.45) is 2.24. The Morgan fingerprint density at radius 2 is 1.64 bits per heavy atom. The van der Waals surface area contributed by atoms with Gasteiger partial charge >= 0.3 is 0 Å². The Morgan fingerprint density at radius 1 is 1.03 bits per heavy atom. The van der Waals surface area contributed by atoms with Gasteiger partial charge in [0.05, 0.1) is 38.2 Å². The van der Waals surface area contributed by atoms with E-state index >= 15 is 0 Å². The van der Waals surface area contributed by atoms with Crippen molar-refractivity contribution in [3.63, 3.8) is 0 Å². The Hall–Kier alpha value is -1.54. The molecule has 196 valence electrons. The second-order valence-electron chi connectivity index (χ2n) is 9.41. The number of aliphatic hydroxyl groups excluding tert-OH is 1. The minimum absolute atomic E-state index is 0.0160. The quantitative estimate of drug-likeness (QED) is 0.374. The molecule has 1 aliphatic rings. The molecule has 36 heavy (non-hydrogen) atoms. The average molecular weight is 575 g/mol. The van der Waals surface area contributed by atoms with Crippen LogP contribution in [0.2, 0.25) is 20.1 Å². The number of rotatable bonds is 9. The van der Waals surface area contributed by atoms with Crippen LogP contribution in [-0.2, 0) is 15.0 Å². The maximum absolute atomic E-state index is 13.8. The summed E-state index contributed by atoms with van der Waals surface area (Å²) >= 11 is 24.7. The van der Waals surface area contributed by atoms with Crippen LogP contribution in [0.1, 0.15) is 50.3 Å². The number of piperidine rings is 1. The van der Waals surface area contributed by atoms with Crippen molar-refractivity contribution in [2.75, 3.05) is 26.2 Å². The second-order valence-corrected chi connectivity index (χ2v) is 11.0. The van der Waals surface area contributed by atoms with Crippen molar-refractivity contribution in [1.82, 2.24) is 15.5 Å². The summed E-state index contributed by atoms with van der Waals surface area (Å²) in [6, 6.07) is 9.74. The molecule has 1 saturated heterocycles. The molecule has 0 saturated carbocycles. The molecule has 0 bridgehead atoms. The van der Waals surface area contributed by atoms with Gasteiger partial charge in [-0.1, -0.05) is 58.5 Å². The van der Waals surface area contributed by atoms with Crippen LogP contribution in [0.15, 0.2) is 36.4 Å². The molecule has 0 aliphatic carbocycles. The number of nitrogens with zero attached hydrogens (tertiary/aromatic N) is 1. The van der Waals surface area contributed by atoms with Crippen molar-refractivity contribution >= 4 is 58.2 Å². The molecule has 0 radical (unpaired) electrons. The molecule has 2 aromatic carbocycles. The van der Waals surface area contributed by atoms with E-state index in [9.17, 15) is 14.7 Å². The zero-order chi connectivity index (χ0) is 26.5. The van der Waals surface area contributed by atoms with Gasteiger partial charge in [0, 0.05) is 26.1 Å². The first-order valence-electron chi connectivity index (χ1n) is 11.8. The van der Waals surface area contributed by atoms with Crippen LogP contribution in [-0.4, -0.2) is 54.1 Å². The summed E-state index contributed by atoms with van der Waals surface area (Å²) in [6.45, 7) is 5.42. The zero-order valence-corrected chi connectivity index (χ0v) is 23.3. The lowest BCUT2D eigenvalue weighted by atomic mass is 9.78. The Kier molecular flexibility index (Phi) is 10.3. The van der Waals surface area contributed by atoms with Crippen molar-refractivity contribution in [3.05, 3.63) is 67.6 Å². The van der Waals surface area contributed by atoms with Gasteiger partial charge in [0.15, 0.2) is 0 Å². The van der Waals surface area contributed by atoms with Crippen molar-refractivity contribution < 1.29 is 14.7 Å². The van der Waals surface area contributed by atoms with Gasteiger partial charge in [0.2, 0.25) is 11.8 Å². The van der Waals surface area contributed by atoms with E-state index < -0.39 is 11.5 Å². The van der Waals surface area contributed by atoms with E-state index in [1.54, 1.807) is 30.3 Å². The van der Waals surface area contributed by atoms with E-state index in [-0.39, 0.29) is 24.5 Å². The van der Waals surface area contributed by atoms with Crippen molar-refractivity contribution in [2.24, 2.45) is 0 Å². The van der Waals surface area contributed by atoms with Crippen LogP contribution in [0.5, 0.6) is 0 Å². The van der Waals surface area contributed by atoms with Crippen molar-refractivity contribution in [1.29, 1.82) is 0 Å². The molecule has 2 amide bonds. The van der Waals surface area contributed by atoms with Crippen LogP contribution < -0.4 is 10.6 Å². The average Bonchev–Trinajstić information content (AvgIpc) is 2.84. The lowest BCUT2D eigenvalue weighted by molar-refractivity contribution is -0.128. The predicted octanol–water partition coefficient (Wildman–Crippen LogP) is 5.40. The summed E-state index contributed by atoms with van der Waals surface area (Å²) in [4.78, 5) is 27.4. The number of carbonyl (C=O) groups excluding carboxylic acids is 2. The molecule has 1 fully saturated rings. The van der Waals surface area contributed by atoms with Gasteiger partial charge in [0.1, 0.15) is 0 Å². The van der Waals surface area contributed by atoms with Crippen molar-refractivity contribution in [3.8, 4) is 0 Å². The first-order chi connectivity index (χ1) is 17.0. The zero-order valence-electron chi connectivity index (χ0n) is 20.3. The molecule has 6 nitrogen and oxygen atoms in total. The van der Waals surface area contributed by atoms with Gasteiger partial charge in [-0.25, -0.2) is 0 Å². The molecule has 2 aromatic rings. The number of likely N-dealkylation sites (tertiary alicyclic amines) is 1. The highest BCUT2D eigenvalue weighted by molar-refractivity contribution is 6.42. The van der Waals surface area contributed by atoms with E-state index in [1.807, 2.05) is 13.0 Å². The largest absolute Gasteiger partial charge is 0.394 e. The number of amides is 2. The van der Waals surface area contributed by atoms with Gasteiger partial charge in [-0.05, 0) is 68.1 Å². The third kappa shape index (κ3) is 7.27. The third-order valence-corrected chi connectivity index (χ3v) is 8.29. The summed E-state index contributed by atoms with van der Waals surface area (Å²) in [5, 5.41) is 17.5. The summed E-state index contributed by atoms with van der Waals surface area (Å²) in [7, 11) is 0. The molecule has 3 N–H and O–H groups in total. The SMILES string of the molecule is CC(=O)NC1CCN(CCC(C)(C(=O)N[C@H](CO)c2ccc(Cl)c(Cl)c2)c2ccc(Cl)c(Cl)c2)CC1. The summed E-state index contributed by atoms with van der Waals surface area (Å²) in [5.41, 5.74) is 0.428.